The van der Waals surface area contributed by atoms with E-state index in [1.165, 1.54) is 11.9 Å². The second-order valence-corrected chi connectivity index (χ2v) is 9.57. The second-order valence-electron chi connectivity index (χ2n) is 7.48. The van der Waals surface area contributed by atoms with E-state index in [2.05, 4.69) is 5.32 Å². The predicted molar refractivity (Wildman–Crippen MR) is 123 cm³/mol. The lowest BCUT2D eigenvalue weighted by molar-refractivity contribution is -0.141. The zero-order valence-corrected chi connectivity index (χ0v) is 19.5. The highest BCUT2D eigenvalue weighted by Gasteiger charge is 2.32. The van der Waals surface area contributed by atoms with Gasteiger partial charge in [-0.15, -0.1) is 0 Å². The van der Waals surface area contributed by atoms with Crippen molar-refractivity contribution in [3.8, 4) is 0 Å². The number of methoxy groups -OCH3 is 1. The van der Waals surface area contributed by atoms with Gasteiger partial charge in [-0.25, -0.2) is 8.42 Å². The van der Waals surface area contributed by atoms with Crippen LogP contribution in [0, 0.1) is 0 Å². The van der Waals surface area contributed by atoms with Crippen LogP contribution < -0.4 is 5.32 Å². The normalized spacial score (nSPS) is 12.4. The molecule has 0 aliphatic carbocycles. The fourth-order valence-corrected chi connectivity index (χ4v) is 3.48. The van der Waals surface area contributed by atoms with Crippen molar-refractivity contribution in [2.45, 2.75) is 19.0 Å². The van der Waals surface area contributed by atoms with Gasteiger partial charge in [0.2, 0.25) is 21.8 Å². The van der Waals surface area contributed by atoms with Crippen LogP contribution in [0.4, 0.5) is 0 Å². The van der Waals surface area contributed by atoms with Crippen molar-refractivity contribution in [2.24, 2.45) is 0 Å². The number of carbonyl (C=O) groups excluding carboxylic acids is 2. The molecule has 32 heavy (non-hydrogen) atoms. The molecule has 9 heteroatoms. The van der Waals surface area contributed by atoms with Gasteiger partial charge in [-0.3, -0.25) is 9.59 Å². The molecule has 0 heterocycles. The number of carbonyl (C=O) groups is 2. The maximum absolute atomic E-state index is 13.3. The molecule has 2 rings (SSSR count). The summed E-state index contributed by atoms with van der Waals surface area (Å²) in [6.07, 6.45) is 1.67. The van der Waals surface area contributed by atoms with E-state index in [1.54, 1.807) is 31.4 Å². The van der Waals surface area contributed by atoms with E-state index >= 15 is 0 Å². The van der Waals surface area contributed by atoms with Gasteiger partial charge >= 0.3 is 0 Å². The van der Waals surface area contributed by atoms with Crippen LogP contribution in [0.2, 0.25) is 0 Å². The molecule has 1 atom stereocenters. The van der Waals surface area contributed by atoms with Crippen LogP contribution in [0.5, 0.6) is 0 Å². The first-order chi connectivity index (χ1) is 15.2. The smallest absolute Gasteiger partial charge is 0.247 e. The number of sulfonamides is 1. The Kier molecular flexibility index (Phi) is 9.83. The number of amides is 2. The van der Waals surface area contributed by atoms with Gasteiger partial charge < -0.3 is 15.0 Å². The second kappa shape index (κ2) is 12.3. The van der Waals surface area contributed by atoms with E-state index in [-0.39, 0.29) is 19.0 Å². The summed E-state index contributed by atoms with van der Waals surface area (Å²) in [4.78, 5) is 28.0. The summed E-state index contributed by atoms with van der Waals surface area (Å²) in [6.45, 7) is 0.684. The van der Waals surface area contributed by atoms with Crippen LogP contribution in [-0.4, -0.2) is 69.5 Å². The lowest BCUT2D eigenvalue weighted by Crippen LogP contribution is -2.47. The molecule has 0 fully saturated rings. The standard InChI is InChI=1S/C23H31N3O5S/c1-25(32(3,29)30)18-21(27)26(17-19-11-6-4-7-12-19)22(20-13-8-5-9-14-20)23(28)24-15-10-16-31-2/h4-9,11-14,22H,10,15-18H2,1-3H3,(H,24,28)/t22-/m1/s1. The molecule has 0 aliphatic rings. The highest BCUT2D eigenvalue weighted by molar-refractivity contribution is 7.88. The third-order valence-electron chi connectivity index (χ3n) is 4.94. The molecule has 2 aromatic carbocycles. The molecule has 1 N–H and O–H groups in total. The van der Waals surface area contributed by atoms with Gasteiger partial charge in [-0.05, 0) is 17.5 Å². The number of hydrogen-bond acceptors (Lipinski definition) is 5. The van der Waals surface area contributed by atoms with E-state index in [9.17, 15) is 18.0 Å². The minimum Gasteiger partial charge on any atom is -0.385 e. The molecule has 2 amide bonds. The Morgan fingerprint density at radius 1 is 1.03 bits per heavy atom. The van der Waals surface area contributed by atoms with Crippen LogP contribution in [-0.2, 0) is 30.9 Å². The van der Waals surface area contributed by atoms with Crippen LogP contribution >= 0.6 is 0 Å². The molecule has 0 saturated carbocycles. The number of benzene rings is 2. The van der Waals surface area contributed by atoms with Crippen molar-refractivity contribution in [2.75, 3.05) is 40.1 Å². The van der Waals surface area contributed by atoms with Gasteiger partial charge in [0.25, 0.3) is 0 Å². The van der Waals surface area contributed by atoms with E-state index in [1.807, 2.05) is 36.4 Å². The Hall–Kier alpha value is -2.75. The van der Waals surface area contributed by atoms with Crippen molar-refractivity contribution in [3.63, 3.8) is 0 Å². The minimum atomic E-state index is -3.56. The summed E-state index contributed by atoms with van der Waals surface area (Å²) < 4.78 is 29.8. The predicted octanol–water partition coefficient (Wildman–Crippen LogP) is 1.80. The van der Waals surface area contributed by atoms with Gasteiger partial charge in [0, 0.05) is 33.9 Å². The largest absolute Gasteiger partial charge is 0.385 e. The number of likely N-dealkylation sites (N-methyl/N-ethyl adjacent to an activating group) is 1. The average Bonchev–Trinajstić information content (AvgIpc) is 2.77. The van der Waals surface area contributed by atoms with E-state index in [4.69, 9.17) is 4.74 Å². The van der Waals surface area contributed by atoms with E-state index in [0.717, 1.165) is 16.1 Å². The monoisotopic (exact) mass is 461 g/mol. The van der Waals surface area contributed by atoms with Crippen LogP contribution in [0.3, 0.4) is 0 Å². The lowest BCUT2D eigenvalue weighted by atomic mass is 10.0. The number of hydrogen-bond donors (Lipinski definition) is 1. The summed E-state index contributed by atoms with van der Waals surface area (Å²) in [6, 6.07) is 17.4. The Morgan fingerprint density at radius 2 is 1.62 bits per heavy atom. The first-order valence-corrected chi connectivity index (χ1v) is 12.1. The summed E-state index contributed by atoms with van der Waals surface area (Å²) in [5.41, 5.74) is 1.47. The zero-order chi connectivity index (χ0) is 23.6. The third-order valence-corrected chi connectivity index (χ3v) is 6.20. The van der Waals surface area contributed by atoms with Crippen molar-refractivity contribution in [1.82, 2.24) is 14.5 Å². The van der Waals surface area contributed by atoms with Crippen LogP contribution in [0.15, 0.2) is 60.7 Å². The number of nitrogens with zero attached hydrogens (tertiary/aromatic N) is 2. The third kappa shape index (κ3) is 7.74. The molecule has 0 aromatic heterocycles. The van der Waals surface area contributed by atoms with Crippen molar-refractivity contribution < 1.29 is 22.7 Å². The molecule has 0 radical (unpaired) electrons. The van der Waals surface area contributed by atoms with Crippen molar-refractivity contribution in [1.29, 1.82) is 0 Å². The molecule has 2 aromatic rings. The van der Waals surface area contributed by atoms with E-state index < -0.39 is 22.0 Å². The number of nitrogens with one attached hydrogen (secondary N) is 1. The topological polar surface area (TPSA) is 96.0 Å². The highest BCUT2D eigenvalue weighted by atomic mass is 32.2. The molecule has 0 aliphatic heterocycles. The molecule has 174 valence electrons. The summed E-state index contributed by atoms with van der Waals surface area (Å²) >= 11 is 0. The van der Waals surface area contributed by atoms with Gasteiger partial charge in [0.05, 0.1) is 12.8 Å². The molecule has 0 saturated heterocycles. The Morgan fingerprint density at radius 3 is 2.19 bits per heavy atom. The first-order valence-electron chi connectivity index (χ1n) is 10.3. The molecular formula is C23H31N3O5S. The Bertz CT molecular complexity index is 968. The quantitative estimate of drug-likeness (QED) is 0.486. The van der Waals surface area contributed by atoms with E-state index in [0.29, 0.717) is 25.1 Å². The fourth-order valence-electron chi connectivity index (χ4n) is 3.14. The maximum atomic E-state index is 13.3. The molecule has 0 spiro atoms. The Labute approximate surface area is 190 Å². The maximum Gasteiger partial charge on any atom is 0.247 e. The number of ether oxygens (including phenoxy) is 1. The Balaban J connectivity index is 2.40. The lowest BCUT2D eigenvalue weighted by Gasteiger charge is -2.32. The molecular weight excluding hydrogens is 430 g/mol. The van der Waals surface area contributed by atoms with Crippen LogP contribution in [0.1, 0.15) is 23.6 Å². The van der Waals surface area contributed by atoms with Gasteiger partial charge in [0.1, 0.15) is 6.04 Å². The molecule has 0 bridgehead atoms. The summed E-state index contributed by atoms with van der Waals surface area (Å²) in [7, 11) is -0.630. The highest BCUT2D eigenvalue weighted by Crippen LogP contribution is 2.24. The van der Waals surface area contributed by atoms with Gasteiger partial charge in [-0.2, -0.15) is 4.31 Å². The number of rotatable bonds is 12. The summed E-state index contributed by atoms with van der Waals surface area (Å²) in [5, 5.41) is 2.88. The molecule has 8 nitrogen and oxygen atoms in total. The van der Waals surface area contributed by atoms with Gasteiger partial charge in [0.15, 0.2) is 0 Å². The van der Waals surface area contributed by atoms with Crippen molar-refractivity contribution in [3.05, 3.63) is 71.8 Å². The minimum absolute atomic E-state index is 0.155. The van der Waals surface area contributed by atoms with Crippen molar-refractivity contribution >= 4 is 21.8 Å². The van der Waals surface area contributed by atoms with Gasteiger partial charge in [-0.1, -0.05) is 60.7 Å². The average molecular weight is 462 g/mol. The fraction of sp³-hybridized carbons (Fsp3) is 0.391. The zero-order valence-electron chi connectivity index (χ0n) is 18.7. The first kappa shape index (κ1) is 25.5. The van der Waals surface area contributed by atoms with Crippen LogP contribution in [0.25, 0.3) is 0 Å². The SMILES string of the molecule is COCCCNC(=O)[C@@H](c1ccccc1)N(Cc1ccccc1)C(=O)CN(C)S(C)(=O)=O. The molecule has 0 unspecified atom stereocenters. The summed E-state index contributed by atoms with van der Waals surface area (Å²) in [5.74, 6) is -0.804.